The lowest BCUT2D eigenvalue weighted by atomic mass is 9.97. The minimum absolute atomic E-state index is 0.237. The second-order valence-corrected chi connectivity index (χ2v) is 11.5. The van der Waals surface area contributed by atoms with Gasteiger partial charge in [0.05, 0.1) is 42.3 Å². The highest BCUT2D eigenvalue weighted by molar-refractivity contribution is 7.92. The molecule has 5 rings (SSSR count). The van der Waals surface area contributed by atoms with Gasteiger partial charge in [-0.25, -0.2) is 26.7 Å². The summed E-state index contributed by atoms with van der Waals surface area (Å²) in [4.78, 5) is 21.6. The van der Waals surface area contributed by atoms with Crippen LogP contribution in [0.3, 0.4) is 0 Å². The fraction of sp³-hybridized carbons (Fsp3) is 0.458. The number of nitrogens with zero attached hydrogens (tertiary/aromatic N) is 5. The lowest BCUT2D eigenvalue weighted by Crippen LogP contribution is -2.56. The summed E-state index contributed by atoms with van der Waals surface area (Å²) >= 11 is 0. The summed E-state index contributed by atoms with van der Waals surface area (Å²) in [6, 6.07) is 6.51. The number of fused-ring (bicyclic) bond motifs is 1. The van der Waals surface area contributed by atoms with Gasteiger partial charge in [-0.15, -0.1) is 0 Å². The summed E-state index contributed by atoms with van der Waals surface area (Å²) in [5.74, 6) is -2.47. The number of carbonyl (C=O) groups excluding carboxylic acids is 1. The van der Waals surface area contributed by atoms with Crippen LogP contribution in [0.1, 0.15) is 52.5 Å². The first-order chi connectivity index (χ1) is 16.9. The molecule has 0 saturated carbocycles. The van der Waals surface area contributed by atoms with Crippen LogP contribution in [0, 0.1) is 13.8 Å². The van der Waals surface area contributed by atoms with Crippen molar-refractivity contribution in [3.63, 3.8) is 0 Å². The fourth-order valence-electron chi connectivity index (χ4n) is 4.92. The molecule has 4 heterocycles. The SMILES string of the molecule is Cc1ccc(NS(C)(=O)=O)c(C(=O)N2CCCCC2c2cc3nc(N4CC(F)(F)C4)c(C)cn3n2)c1. The minimum atomic E-state index is -3.58. The van der Waals surface area contributed by atoms with E-state index in [1.807, 2.05) is 13.8 Å². The number of aryl methyl sites for hydroxylation is 2. The molecule has 1 N–H and O–H groups in total. The van der Waals surface area contributed by atoms with Gasteiger partial charge >= 0.3 is 0 Å². The fourth-order valence-corrected chi connectivity index (χ4v) is 5.50. The van der Waals surface area contributed by atoms with Crippen molar-refractivity contribution >= 4 is 33.1 Å². The van der Waals surface area contributed by atoms with Gasteiger partial charge in [0.2, 0.25) is 10.0 Å². The Morgan fingerprint density at radius 1 is 1.17 bits per heavy atom. The molecule has 3 aromatic rings. The minimum Gasteiger partial charge on any atom is -0.344 e. The van der Waals surface area contributed by atoms with Gasteiger partial charge in [-0.1, -0.05) is 11.6 Å². The Morgan fingerprint density at radius 3 is 2.61 bits per heavy atom. The van der Waals surface area contributed by atoms with Crippen LogP contribution in [0.2, 0.25) is 0 Å². The maximum absolute atomic E-state index is 13.7. The highest BCUT2D eigenvalue weighted by atomic mass is 32.2. The summed E-state index contributed by atoms with van der Waals surface area (Å²) in [7, 11) is -3.58. The molecule has 2 fully saturated rings. The lowest BCUT2D eigenvalue weighted by molar-refractivity contribution is -0.0267. The number of hydrogen-bond donors (Lipinski definition) is 1. The quantitative estimate of drug-likeness (QED) is 0.555. The van der Waals surface area contributed by atoms with Crippen LogP contribution < -0.4 is 9.62 Å². The van der Waals surface area contributed by atoms with Gasteiger partial charge in [-0.3, -0.25) is 9.52 Å². The molecule has 1 aromatic carbocycles. The number of likely N-dealkylation sites (tertiary alicyclic amines) is 1. The van der Waals surface area contributed by atoms with E-state index in [0.29, 0.717) is 30.1 Å². The van der Waals surface area contributed by atoms with Crippen molar-refractivity contribution in [3.05, 3.63) is 52.8 Å². The second-order valence-electron chi connectivity index (χ2n) is 9.76. The molecular formula is C24H28F2N6O3S. The monoisotopic (exact) mass is 518 g/mol. The first-order valence-corrected chi connectivity index (χ1v) is 13.7. The molecule has 0 spiro atoms. The maximum atomic E-state index is 13.7. The zero-order valence-electron chi connectivity index (χ0n) is 20.3. The zero-order valence-corrected chi connectivity index (χ0v) is 21.1. The lowest BCUT2D eigenvalue weighted by Gasteiger charge is -2.40. The summed E-state index contributed by atoms with van der Waals surface area (Å²) in [6.45, 7) is 3.44. The molecular weight excluding hydrogens is 490 g/mol. The average Bonchev–Trinajstić information content (AvgIpc) is 3.19. The van der Waals surface area contributed by atoms with Crippen LogP contribution >= 0.6 is 0 Å². The predicted molar refractivity (Wildman–Crippen MR) is 132 cm³/mol. The number of hydrogen-bond acceptors (Lipinski definition) is 6. The maximum Gasteiger partial charge on any atom is 0.282 e. The first kappa shape index (κ1) is 24.4. The average molecular weight is 519 g/mol. The van der Waals surface area contributed by atoms with E-state index in [4.69, 9.17) is 0 Å². The van der Waals surface area contributed by atoms with Crippen molar-refractivity contribution in [1.82, 2.24) is 19.5 Å². The van der Waals surface area contributed by atoms with E-state index in [9.17, 15) is 22.0 Å². The zero-order chi connectivity index (χ0) is 25.8. The molecule has 9 nitrogen and oxygen atoms in total. The Bertz CT molecular complexity index is 1450. The van der Waals surface area contributed by atoms with Crippen molar-refractivity contribution in [3.8, 4) is 0 Å². The van der Waals surface area contributed by atoms with Crippen molar-refractivity contribution in [2.45, 2.75) is 45.1 Å². The van der Waals surface area contributed by atoms with Gasteiger partial charge < -0.3 is 9.80 Å². The standard InChI is InChI=1S/C24H28F2N6O3S/c1-15-7-8-18(29-36(3,34)35)17(10-15)23(33)31-9-5-4-6-20(31)19-11-21-27-22(16(2)12-32(21)28-19)30-13-24(25,26)14-30/h7-8,10-12,20,29H,4-6,9,13-14H2,1-3H3. The number of sulfonamides is 1. The number of amides is 1. The Hall–Kier alpha value is -3.28. The van der Waals surface area contributed by atoms with Crippen LogP contribution in [-0.4, -0.2) is 65.6 Å². The van der Waals surface area contributed by atoms with Gasteiger partial charge in [-0.2, -0.15) is 5.10 Å². The van der Waals surface area contributed by atoms with E-state index in [1.165, 1.54) is 0 Å². The first-order valence-electron chi connectivity index (χ1n) is 11.8. The number of nitrogens with one attached hydrogen (secondary N) is 1. The van der Waals surface area contributed by atoms with E-state index in [-0.39, 0.29) is 36.3 Å². The van der Waals surface area contributed by atoms with Crippen molar-refractivity contribution < 1.29 is 22.0 Å². The van der Waals surface area contributed by atoms with E-state index in [0.717, 1.165) is 30.2 Å². The van der Waals surface area contributed by atoms with Crippen LogP contribution in [0.4, 0.5) is 20.3 Å². The summed E-state index contributed by atoms with van der Waals surface area (Å²) in [5.41, 5.74) is 3.27. The third-order valence-electron chi connectivity index (χ3n) is 6.57. The number of rotatable bonds is 5. The Morgan fingerprint density at radius 2 is 1.92 bits per heavy atom. The van der Waals surface area contributed by atoms with Crippen molar-refractivity contribution in [2.75, 3.05) is 35.5 Å². The molecule has 2 aromatic heterocycles. The molecule has 2 aliphatic heterocycles. The largest absolute Gasteiger partial charge is 0.344 e. The number of piperidine rings is 1. The third kappa shape index (κ3) is 4.73. The number of anilines is 2. The normalized spacial score (nSPS) is 19.9. The van der Waals surface area contributed by atoms with Gasteiger partial charge in [0.1, 0.15) is 5.82 Å². The van der Waals surface area contributed by atoms with Gasteiger partial charge in [0.15, 0.2) is 5.65 Å². The molecule has 0 bridgehead atoms. The molecule has 1 atom stereocenters. The van der Waals surface area contributed by atoms with Gasteiger partial charge in [0, 0.05) is 24.4 Å². The Balaban J connectivity index is 1.48. The van der Waals surface area contributed by atoms with E-state index < -0.39 is 15.9 Å². The molecule has 1 unspecified atom stereocenters. The molecule has 36 heavy (non-hydrogen) atoms. The molecule has 0 aliphatic carbocycles. The molecule has 192 valence electrons. The van der Waals surface area contributed by atoms with E-state index in [2.05, 4.69) is 14.8 Å². The van der Waals surface area contributed by atoms with Crippen LogP contribution in [0.25, 0.3) is 5.65 Å². The van der Waals surface area contributed by atoms with Crippen LogP contribution in [0.15, 0.2) is 30.5 Å². The Labute approximate surface area is 208 Å². The number of halogens is 2. The smallest absolute Gasteiger partial charge is 0.282 e. The van der Waals surface area contributed by atoms with Crippen LogP contribution in [0.5, 0.6) is 0 Å². The molecule has 12 heteroatoms. The molecule has 1 amide bonds. The van der Waals surface area contributed by atoms with E-state index >= 15 is 0 Å². The number of carbonyl (C=O) groups is 1. The van der Waals surface area contributed by atoms with Crippen molar-refractivity contribution in [1.29, 1.82) is 0 Å². The highest BCUT2D eigenvalue weighted by Gasteiger charge is 2.45. The second kappa shape index (κ2) is 8.68. The highest BCUT2D eigenvalue weighted by Crippen LogP contribution is 2.35. The molecule has 2 saturated heterocycles. The summed E-state index contributed by atoms with van der Waals surface area (Å²) in [5, 5.41) is 4.68. The molecule has 0 radical (unpaired) electrons. The summed E-state index contributed by atoms with van der Waals surface area (Å²) in [6.07, 6.45) is 5.24. The van der Waals surface area contributed by atoms with Crippen molar-refractivity contribution in [2.24, 2.45) is 0 Å². The number of aromatic nitrogens is 3. The number of benzene rings is 1. The Kier molecular flexibility index (Phi) is 5.89. The predicted octanol–water partition coefficient (Wildman–Crippen LogP) is 3.54. The van der Waals surface area contributed by atoms with Gasteiger partial charge in [-0.05, 0) is 45.2 Å². The topological polar surface area (TPSA) is 99.9 Å². The van der Waals surface area contributed by atoms with Gasteiger partial charge in [0.25, 0.3) is 11.8 Å². The van der Waals surface area contributed by atoms with E-state index in [1.54, 1.807) is 44.8 Å². The number of alkyl halides is 2. The third-order valence-corrected chi connectivity index (χ3v) is 7.16. The van der Waals surface area contributed by atoms with Crippen LogP contribution in [-0.2, 0) is 10.0 Å². The molecule has 2 aliphatic rings. The summed E-state index contributed by atoms with van der Waals surface area (Å²) < 4.78 is 54.7.